The smallest absolute Gasteiger partial charge is 0.153 e. The van der Waals surface area contributed by atoms with Crippen molar-refractivity contribution in [2.75, 3.05) is 0 Å². The van der Waals surface area contributed by atoms with Gasteiger partial charge < -0.3 is 10.5 Å². The third kappa shape index (κ3) is 1.54. The van der Waals surface area contributed by atoms with Gasteiger partial charge >= 0.3 is 0 Å². The lowest BCUT2D eigenvalue weighted by Crippen LogP contribution is -2.19. The Labute approximate surface area is 94.2 Å². The van der Waals surface area contributed by atoms with E-state index in [2.05, 4.69) is 32.0 Å². The van der Waals surface area contributed by atoms with Crippen LogP contribution in [0.25, 0.3) is 0 Å². The monoisotopic (exact) mass is 221 g/mol. The Kier molecular flexibility index (Phi) is 1.73. The second-order valence-electron chi connectivity index (χ2n) is 4.92. The highest BCUT2D eigenvalue weighted by atomic mass is 32.2. The summed E-state index contributed by atoms with van der Waals surface area (Å²) in [4.78, 5) is 1.10. The number of nitrogens with two attached hydrogens (primary N) is 1. The van der Waals surface area contributed by atoms with E-state index in [0.717, 1.165) is 18.6 Å². The molecule has 0 bridgehead atoms. The van der Waals surface area contributed by atoms with Gasteiger partial charge in [0.25, 0.3) is 0 Å². The molecule has 1 aliphatic heterocycles. The zero-order valence-electron chi connectivity index (χ0n) is 9.04. The van der Waals surface area contributed by atoms with Crippen LogP contribution in [0.15, 0.2) is 23.1 Å². The number of fused-ring (bicyclic) bond motifs is 1. The largest absolute Gasteiger partial charge is 0.476 e. The van der Waals surface area contributed by atoms with Crippen LogP contribution in [0, 0.1) is 0 Å². The molecular formula is C12H15NOS. The third-order valence-corrected chi connectivity index (χ3v) is 4.15. The Hall–Kier alpha value is -0.670. The molecule has 0 saturated heterocycles. The molecule has 1 fully saturated rings. The lowest BCUT2D eigenvalue weighted by atomic mass is 10.1. The van der Waals surface area contributed by atoms with E-state index in [4.69, 9.17) is 10.5 Å². The second-order valence-corrected chi connectivity index (χ2v) is 6.55. The first kappa shape index (κ1) is 9.55. The number of rotatable bonds is 1. The number of thioether (sulfide) groups is 1. The minimum absolute atomic E-state index is 0.0597. The van der Waals surface area contributed by atoms with Gasteiger partial charge in [-0.15, -0.1) is 0 Å². The Morgan fingerprint density at radius 1 is 1.33 bits per heavy atom. The van der Waals surface area contributed by atoms with Crippen LogP contribution in [0.5, 0.6) is 5.75 Å². The van der Waals surface area contributed by atoms with Gasteiger partial charge in [-0.3, -0.25) is 0 Å². The molecule has 3 rings (SSSR count). The Morgan fingerprint density at radius 3 is 2.73 bits per heavy atom. The van der Waals surface area contributed by atoms with Crippen LogP contribution in [0.3, 0.4) is 0 Å². The highest BCUT2D eigenvalue weighted by molar-refractivity contribution is 8.00. The van der Waals surface area contributed by atoms with Gasteiger partial charge in [0.2, 0.25) is 0 Å². The fourth-order valence-electron chi connectivity index (χ4n) is 1.96. The van der Waals surface area contributed by atoms with Crippen molar-refractivity contribution in [1.82, 2.24) is 0 Å². The average Bonchev–Trinajstić information content (AvgIpc) is 2.78. The van der Waals surface area contributed by atoms with Crippen molar-refractivity contribution >= 4 is 11.8 Å². The van der Waals surface area contributed by atoms with E-state index < -0.39 is 0 Å². The molecule has 0 atom stereocenters. The van der Waals surface area contributed by atoms with E-state index in [1.807, 2.05) is 0 Å². The molecule has 0 amide bonds. The van der Waals surface area contributed by atoms with Crippen molar-refractivity contribution < 1.29 is 4.74 Å². The molecule has 3 heteroatoms. The number of benzene rings is 1. The Morgan fingerprint density at radius 2 is 2.07 bits per heavy atom. The summed E-state index contributed by atoms with van der Waals surface area (Å²) in [6, 6.07) is 6.39. The fraction of sp³-hybridized carbons (Fsp3) is 0.500. The predicted molar refractivity (Wildman–Crippen MR) is 62.1 cm³/mol. The minimum atomic E-state index is -0.133. The highest BCUT2D eigenvalue weighted by Gasteiger charge is 2.41. The van der Waals surface area contributed by atoms with Gasteiger partial charge in [0.1, 0.15) is 5.75 Å². The molecule has 2 nitrogen and oxygen atoms in total. The lowest BCUT2D eigenvalue weighted by Gasteiger charge is -2.16. The number of hydrogen-bond acceptors (Lipinski definition) is 3. The van der Waals surface area contributed by atoms with E-state index in [-0.39, 0.29) is 10.5 Å². The zero-order valence-corrected chi connectivity index (χ0v) is 9.86. The van der Waals surface area contributed by atoms with E-state index in [0.29, 0.717) is 0 Å². The van der Waals surface area contributed by atoms with Crippen molar-refractivity contribution in [1.29, 1.82) is 0 Å². The normalized spacial score (nSPS) is 24.5. The van der Waals surface area contributed by atoms with Crippen molar-refractivity contribution in [3.63, 3.8) is 0 Å². The quantitative estimate of drug-likeness (QED) is 0.792. The van der Waals surface area contributed by atoms with Gasteiger partial charge in [-0.1, -0.05) is 17.8 Å². The van der Waals surface area contributed by atoms with Gasteiger partial charge in [-0.05, 0) is 44.4 Å². The maximum atomic E-state index is 6.17. The molecule has 0 unspecified atom stereocenters. The molecule has 0 aromatic heterocycles. The molecule has 1 aromatic carbocycles. The molecule has 0 spiro atoms. The first-order valence-electron chi connectivity index (χ1n) is 5.30. The Balaban J connectivity index is 1.99. The van der Waals surface area contributed by atoms with E-state index in [9.17, 15) is 0 Å². The van der Waals surface area contributed by atoms with Crippen molar-refractivity contribution in [2.45, 2.75) is 42.1 Å². The molecule has 1 aliphatic carbocycles. The summed E-state index contributed by atoms with van der Waals surface area (Å²) in [7, 11) is 0. The molecule has 1 saturated carbocycles. The van der Waals surface area contributed by atoms with Crippen LogP contribution in [-0.2, 0) is 5.54 Å². The predicted octanol–water partition coefficient (Wildman–Crippen LogP) is 2.86. The van der Waals surface area contributed by atoms with E-state index >= 15 is 0 Å². The van der Waals surface area contributed by atoms with Crippen LogP contribution in [-0.4, -0.2) is 4.93 Å². The van der Waals surface area contributed by atoms with Gasteiger partial charge in [-0.25, -0.2) is 0 Å². The summed E-state index contributed by atoms with van der Waals surface area (Å²) >= 11 is 1.77. The van der Waals surface area contributed by atoms with E-state index in [1.165, 1.54) is 10.5 Å². The van der Waals surface area contributed by atoms with Gasteiger partial charge in [-0.2, -0.15) is 0 Å². The standard InChI is InChI=1S/C12H15NOS/c1-11(2)14-9-7-8(12(13)5-6-12)3-4-10(9)15-11/h3-4,7H,5-6,13H2,1-2H3. The molecular weight excluding hydrogens is 206 g/mol. The third-order valence-electron chi connectivity index (χ3n) is 3.02. The molecule has 1 heterocycles. The number of ether oxygens (including phenoxy) is 1. The van der Waals surface area contributed by atoms with Crippen molar-refractivity contribution in [3.05, 3.63) is 23.8 Å². The van der Waals surface area contributed by atoms with Gasteiger partial charge in [0.05, 0.1) is 4.90 Å². The molecule has 80 valence electrons. The fourth-order valence-corrected chi connectivity index (χ4v) is 2.95. The lowest BCUT2D eigenvalue weighted by molar-refractivity contribution is 0.214. The first-order valence-corrected chi connectivity index (χ1v) is 6.12. The number of hydrogen-bond donors (Lipinski definition) is 1. The van der Waals surface area contributed by atoms with Crippen LogP contribution < -0.4 is 10.5 Å². The second kappa shape index (κ2) is 2.71. The van der Waals surface area contributed by atoms with Crippen molar-refractivity contribution in [3.8, 4) is 5.75 Å². The first-order chi connectivity index (χ1) is 6.99. The zero-order chi connectivity index (χ0) is 10.7. The minimum Gasteiger partial charge on any atom is -0.476 e. The van der Waals surface area contributed by atoms with Crippen molar-refractivity contribution in [2.24, 2.45) is 5.73 Å². The summed E-state index contributed by atoms with van der Waals surface area (Å²) < 4.78 is 5.87. The average molecular weight is 221 g/mol. The highest BCUT2D eigenvalue weighted by Crippen LogP contribution is 2.50. The summed E-state index contributed by atoms with van der Waals surface area (Å²) in [5.41, 5.74) is 7.33. The maximum absolute atomic E-state index is 6.17. The SMILES string of the molecule is CC1(C)Oc2cc(C3(N)CC3)ccc2S1. The summed E-state index contributed by atoms with van der Waals surface area (Å²) in [6.07, 6.45) is 2.20. The topological polar surface area (TPSA) is 35.2 Å². The van der Waals surface area contributed by atoms with Gasteiger partial charge in [0.15, 0.2) is 4.93 Å². The Bertz CT molecular complexity index is 424. The summed E-state index contributed by atoms with van der Waals surface area (Å²) in [5, 5.41) is 0. The molecule has 15 heavy (non-hydrogen) atoms. The van der Waals surface area contributed by atoms with Crippen LogP contribution in [0.2, 0.25) is 0 Å². The molecule has 2 aliphatic rings. The van der Waals surface area contributed by atoms with Gasteiger partial charge in [0, 0.05) is 5.54 Å². The maximum Gasteiger partial charge on any atom is 0.153 e. The molecule has 1 aromatic rings. The molecule has 2 N–H and O–H groups in total. The van der Waals surface area contributed by atoms with Crippen LogP contribution in [0.1, 0.15) is 32.3 Å². The van der Waals surface area contributed by atoms with Crippen LogP contribution >= 0.6 is 11.8 Å². The van der Waals surface area contributed by atoms with E-state index in [1.54, 1.807) is 11.8 Å². The summed E-state index contributed by atoms with van der Waals surface area (Å²) in [6.45, 7) is 4.18. The molecule has 0 radical (unpaired) electrons. The van der Waals surface area contributed by atoms with Crippen LogP contribution in [0.4, 0.5) is 0 Å². The summed E-state index contributed by atoms with van der Waals surface area (Å²) in [5.74, 6) is 0.999.